The van der Waals surface area contributed by atoms with E-state index in [0.29, 0.717) is 0 Å². The van der Waals surface area contributed by atoms with Crippen molar-refractivity contribution >= 4 is 0 Å². The smallest absolute Gasteiger partial charge is 0.139 e. The molecule has 1 heterocycles. The molecule has 0 aliphatic carbocycles. The lowest BCUT2D eigenvalue weighted by Gasteiger charge is -2.08. The highest BCUT2D eigenvalue weighted by atomic mass is 15.1. The summed E-state index contributed by atoms with van der Waals surface area (Å²) in [5.74, 6) is 1.01. The number of hydrogen-bond acceptors (Lipinski definition) is 2. The van der Waals surface area contributed by atoms with Gasteiger partial charge in [-0.2, -0.15) is 0 Å². The Morgan fingerprint density at radius 2 is 2.00 bits per heavy atom. The number of aromatic nitrogens is 2. The molecule has 0 aliphatic heterocycles. The molecular formula is C13H17N3. The SMILES string of the molecule is CCn1ccnc1-c1ccc(C(C)N)cc1. The van der Waals surface area contributed by atoms with Crippen molar-refractivity contribution in [3.8, 4) is 11.4 Å². The number of benzene rings is 1. The van der Waals surface area contributed by atoms with Gasteiger partial charge in [0.05, 0.1) is 0 Å². The lowest BCUT2D eigenvalue weighted by atomic mass is 10.1. The van der Waals surface area contributed by atoms with Gasteiger partial charge in [-0.3, -0.25) is 0 Å². The van der Waals surface area contributed by atoms with Gasteiger partial charge in [0.1, 0.15) is 5.82 Å². The van der Waals surface area contributed by atoms with Crippen molar-refractivity contribution in [3.05, 3.63) is 42.2 Å². The molecule has 1 unspecified atom stereocenters. The summed E-state index contributed by atoms with van der Waals surface area (Å²) in [6.07, 6.45) is 3.83. The van der Waals surface area contributed by atoms with Gasteiger partial charge in [0.2, 0.25) is 0 Å². The molecule has 2 N–H and O–H groups in total. The third-order valence-electron chi connectivity index (χ3n) is 2.75. The van der Waals surface area contributed by atoms with Gasteiger partial charge in [0.25, 0.3) is 0 Å². The van der Waals surface area contributed by atoms with Crippen molar-refractivity contribution in [1.29, 1.82) is 0 Å². The van der Waals surface area contributed by atoms with Crippen molar-refractivity contribution < 1.29 is 0 Å². The van der Waals surface area contributed by atoms with Crippen LogP contribution >= 0.6 is 0 Å². The van der Waals surface area contributed by atoms with E-state index in [1.807, 2.05) is 19.3 Å². The van der Waals surface area contributed by atoms with E-state index in [-0.39, 0.29) is 6.04 Å². The van der Waals surface area contributed by atoms with Crippen LogP contribution in [0.3, 0.4) is 0 Å². The standard InChI is InChI=1S/C13H17N3/c1-3-16-9-8-15-13(16)12-6-4-11(5-7-12)10(2)14/h4-10H,3,14H2,1-2H3. The Kier molecular flexibility index (Phi) is 3.06. The van der Waals surface area contributed by atoms with E-state index >= 15 is 0 Å². The van der Waals surface area contributed by atoms with Crippen LogP contribution in [0.1, 0.15) is 25.5 Å². The fourth-order valence-corrected chi connectivity index (χ4v) is 1.76. The van der Waals surface area contributed by atoms with Gasteiger partial charge < -0.3 is 10.3 Å². The fourth-order valence-electron chi connectivity index (χ4n) is 1.76. The van der Waals surface area contributed by atoms with Gasteiger partial charge >= 0.3 is 0 Å². The first-order chi connectivity index (χ1) is 7.72. The Balaban J connectivity index is 2.35. The first-order valence-corrected chi connectivity index (χ1v) is 5.59. The summed E-state index contributed by atoms with van der Waals surface area (Å²) in [5.41, 5.74) is 8.10. The zero-order valence-electron chi connectivity index (χ0n) is 9.72. The van der Waals surface area contributed by atoms with Gasteiger partial charge in [0.15, 0.2) is 0 Å². The second-order valence-electron chi connectivity index (χ2n) is 3.95. The Bertz CT molecular complexity index is 454. The molecule has 0 amide bonds. The summed E-state index contributed by atoms with van der Waals surface area (Å²) < 4.78 is 2.13. The molecule has 0 saturated carbocycles. The van der Waals surface area contributed by atoms with E-state index < -0.39 is 0 Å². The molecule has 84 valence electrons. The van der Waals surface area contributed by atoms with Gasteiger partial charge in [0, 0.05) is 30.5 Å². The second kappa shape index (κ2) is 4.49. The topological polar surface area (TPSA) is 43.8 Å². The average molecular weight is 215 g/mol. The maximum absolute atomic E-state index is 5.82. The monoisotopic (exact) mass is 215 g/mol. The van der Waals surface area contributed by atoms with Crippen LogP contribution in [0.5, 0.6) is 0 Å². The largest absolute Gasteiger partial charge is 0.331 e. The summed E-state index contributed by atoms with van der Waals surface area (Å²) >= 11 is 0. The third-order valence-corrected chi connectivity index (χ3v) is 2.75. The normalized spacial score (nSPS) is 12.7. The molecule has 3 nitrogen and oxygen atoms in total. The van der Waals surface area contributed by atoms with Gasteiger partial charge in [-0.05, 0) is 19.4 Å². The minimum atomic E-state index is 0.0833. The number of hydrogen-bond donors (Lipinski definition) is 1. The highest BCUT2D eigenvalue weighted by Gasteiger charge is 2.05. The average Bonchev–Trinajstić information content (AvgIpc) is 2.77. The summed E-state index contributed by atoms with van der Waals surface area (Å²) in [4.78, 5) is 4.36. The maximum Gasteiger partial charge on any atom is 0.139 e. The van der Waals surface area contributed by atoms with E-state index in [0.717, 1.165) is 23.5 Å². The summed E-state index contributed by atoms with van der Waals surface area (Å²) in [7, 11) is 0. The van der Waals surface area contributed by atoms with Crippen molar-refractivity contribution in [2.24, 2.45) is 5.73 Å². The molecule has 0 fully saturated rings. The summed E-state index contributed by atoms with van der Waals surface area (Å²) in [6, 6.07) is 8.36. The highest BCUT2D eigenvalue weighted by molar-refractivity contribution is 5.56. The van der Waals surface area contributed by atoms with E-state index in [1.54, 1.807) is 0 Å². The molecule has 1 aromatic heterocycles. The number of rotatable bonds is 3. The molecule has 0 bridgehead atoms. The molecule has 2 rings (SSSR count). The Morgan fingerprint density at radius 1 is 1.31 bits per heavy atom. The van der Waals surface area contributed by atoms with Crippen LogP contribution in [0.25, 0.3) is 11.4 Å². The van der Waals surface area contributed by atoms with Gasteiger partial charge in [-0.25, -0.2) is 4.98 Å². The Morgan fingerprint density at radius 3 is 2.56 bits per heavy atom. The quantitative estimate of drug-likeness (QED) is 0.855. The highest BCUT2D eigenvalue weighted by Crippen LogP contribution is 2.19. The zero-order valence-corrected chi connectivity index (χ0v) is 9.72. The fraction of sp³-hybridized carbons (Fsp3) is 0.308. The van der Waals surface area contributed by atoms with Crippen LogP contribution in [-0.2, 0) is 6.54 Å². The predicted octanol–water partition coefficient (Wildman–Crippen LogP) is 2.59. The molecule has 1 atom stereocenters. The van der Waals surface area contributed by atoms with E-state index in [2.05, 4.69) is 40.7 Å². The lowest BCUT2D eigenvalue weighted by Crippen LogP contribution is -2.04. The minimum absolute atomic E-state index is 0.0833. The van der Waals surface area contributed by atoms with Crippen LogP contribution in [0, 0.1) is 0 Å². The Labute approximate surface area is 95.9 Å². The molecule has 0 radical (unpaired) electrons. The Hall–Kier alpha value is -1.61. The summed E-state index contributed by atoms with van der Waals surface area (Å²) in [6.45, 7) is 5.04. The van der Waals surface area contributed by atoms with Crippen molar-refractivity contribution in [1.82, 2.24) is 9.55 Å². The minimum Gasteiger partial charge on any atom is -0.331 e. The number of nitrogens with zero attached hydrogens (tertiary/aromatic N) is 2. The first kappa shape index (κ1) is 10.9. The van der Waals surface area contributed by atoms with Crippen LogP contribution in [0.4, 0.5) is 0 Å². The lowest BCUT2D eigenvalue weighted by molar-refractivity contribution is 0.770. The molecule has 1 aromatic carbocycles. The molecule has 0 aliphatic rings. The number of nitrogens with two attached hydrogens (primary N) is 1. The zero-order chi connectivity index (χ0) is 11.5. The van der Waals surface area contributed by atoms with E-state index in [9.17, 15) is 0 Å². The third kappa shape index (κ3) is 1.99. The van der Waals surface area contributed by atoms with Crippen molar-refractivity contribution in [2.75, 3.05) is 0 Å². The van der Waals surface area contributed by atoms with Gasteiger partial charge in [-0.1, -0.05) is 24.3 Å². The second-order valence-corrected chi connectivity index (χ2v) is 3.95. The number of imidazole rings is 1. The van der Waals surface area contributed by atoms with Crippen LogP contribution in [0.15, 0.2) is 36.7 Å². The van der Waals surface area contributed by atoms with E-state index in [4.69, 9.17) is 5.73 Å². The van der Waals surface area contributed by atoms with Crippen molar-refractivity contribution in [2.45, 2.75) is 26.4 Å². The molecule has 0 saturated heterocycles. The van der Waals surface area contributed by atoms with E-state index in [1.165, 1.54) is 0 Å². The van der Waals surface area contributed by atoms with Crippen LogP contribution < -0.4 is 5.73 Å². The molecule has 0 spiro atoms. The van der Waals surface area contributed by atoms with Crippen molar-refractivity contribution in [3.63, 3.8) is 0 Å². The van der Waals surface area contributed by atoms with Crippen LogP contribution in [0.2, 0.25) is 0 Å². The van der Waals surface area contributed by atoms with Gasteiger partial charge in [-0.15, -0.1) is 0 Å². The predicted molar refractivity (Wildman–Crippen MR) is 65.9 cm³/mol. The van der Waals surface area contributed by atoms with Crippen LogP contribution in [-0.4, -0.2) is 9.55 Å². The number of aryl methyl sites for hydroxylation is 1. The molecule has 3 heteroatoms. The maximum atomic E-state index is 5.82. The molecule has 16 heavy (non-hydrogen) atoms. The summed E-state index contributed by atoms with van der Waals surface area (Å²) in [5, 5.41) is 0. The molecule has 2 aromatic rings. The molecular weight excluding hydrogens is 198 g/mol. The first-order valence-electron chi connectivity index (χ1n) is 5.59.